The van der Waals surface area contributed by atoms with Crippen molar-refractivity contribution < 1.29 is 25.5 Å². The maximum Gasteiger partial charge on any atom is 0.128 e. The smallest absolute Gasteiger partial charge is 0.128 e. The molecule has 5 N–H and O–H groups in total. The Kier molecular flexibility index (Phi) is 3.33. The molecule has 1 rings (SSSR count). The molecule has 1 saturated heterocycles. The molecule has 0 saturated carbocycles. The van der Waals surface area contributed by atoms with Crippen LogP contribution in [0.3, 0.4) is 0 Å². The highest BCUT2D eigenvalue weighted by molar-refractivity contribution is 8.00. The lowest BCUT2D eigenvalue weighted by Crippen LogP contribution is -2.39. The number of rotatable bonds is 2. The molecule has 1 heterocycles. The van der Waals surface area contributed by atoms with Crippen LogP contribution >= 0.6 is 11.8 Å². The second-order valence-electron chi connectivity index (χ2n) is 2.72. The van der Waals surface area contributed by atoms with Crippen LogP contribution in [0.5, 0.6) is 0 Å². The quantitative estimate of drug-likeness (QED) is 0.334. The van der Waals surface area contributed by atoms with E-state index >= 15 is 0 Å². The van der Waals surface area contributed by atoms with Crippen molar-refractivity contribution in [2.45, 2.75) is 29.0 Å². The fraction of sp³-hybridized carbons (Fsp3) is 1.00. The highest BCUT2D eigenvalue weighted by atomic mass is 32.2. The van der Waals surface area contributed by atoms with Crippen molar-refractivity contribution in [1.29, 1.82) is 0 Å². The summed E-state index contributed by atoms with van der Waals surface area (Å²) >= 11 is 0.860. The van der Waals surface area contributed by atoms with Gasteiger partial charge in [0.2, 0.25) is 0 Å². The van der Waals surface area contributed by atoms with Gasteiger partial charge in [-0.1, -0.05) is 0 Å². The Morgan fingerprint density at radius 1 is 1.17 bits per heavy atom. The molecule has 0 aromatic rings. The zero-order valence-corrected chi connectivity index (χ0v) is 7.05. The molecule has 1 aliphatic rings. The van der Waals surface area contributed by atoms with E-state index in [0.717, 1.165) is 11.8 Å². The average Bonchev–Trinajstić information content (AvgIpc) is 2.32. The van der Waals surface area contributed by atoms with Crippen LogP contribution in [0.25, 0.3) is 0 Å². The first-order valence-electron chi connectivity index (χ1n) is 3.56. The predicted molar refractivity (Wildman–Crippen MR) is 42.5 cm³/mol. The van der Waals surface area contributed by atoms with E-state index in [1.54, 1.807) is 0 Å². The maximum atomic E-state index is 9.23. The molecule has 0 amide bonds. The van der Waals surface area contributed by atoms with Gasteiger partial charge in [-0.15, -0.1) is 11.8 Å². The van der Waals surface area contributed by atoms with Crippen LogP contribution in [-0.4, -0.2) is 61.1 Å². The van der Waals surface area contributed by atoms with Crippen molar-refractivity contribution in [3.63, 3.8) is 0 Å². The number of aliphatic hydroxyl groups excluding tert-OH is 5. The molecule has 1 fully saturated rings. The zero-order chi connectivity index (χ0) is 9.30. The summed E-state index contributed by atoms with van der Waals surface area (Å²) in [4.78, 5) is 0. The molecular formula is C6H12O5S. The number of thioether (sulfide) groups is 1. The minimum Gasteiger partial charge on any atom is -0.394 e. The van der Waals surface area contributed by atoms with Crippen LogP contribution in [-0.2, 0) is 0 Å². The molecule has 0 aromatic heterocycles. The van der Waals surface area contributed by atoms with Crippen molar-refractivity contribution >= 4 is 11.8 Å². The Hall–Kier alpha value is 0.150. The van der Waals surface area contributed by atoms with E-state index in [1.165, 1.54) is 0 Å². The molecule has 1 aliphatic heterocycles. The van der Waals surface area contributed by atoms with Crippen LogP contribution < -0.4 is 0 Å². The van der Waals surface area contributed by atoms with Gasteiger partial charge in [0.05, 0.1) is 24.1 Å². The molecular weight excluding hydrogens is 184 g/mol. The molecule has 5 atom stereocenters. The topological polar surface area (TPSA) is 101 Å². The summed E-state index contributed by atoms with van der Waals surface area (Å²) in [5, 5.41) is 44.3. The molecule has 12 heavy (non-hydrogen) atoms. The lowest BCUT2D eigenvalue weighted by atomic mass is 10.1. The molecule has 0 aliphatic carbocycles. The van der Waals surface area contributed by atoms with Crippen molar-refractivity contribution in [1.82, 2.24) is 0 Å². The summed E-state index contributed by atoms with van der Waals surface area (Å²) in [5.41, 5.74) is -1.09. The second-order valence-corrected chi connectivity index (χ2v) is 4.02. The molecule has 2 unspecified atom stereocenters. The number of aliphatic hydroxyl groups is 5. The Labute approximate surface area is 73.7 Å². The minimum absolute atomic E-state index is 0.492. The Bertz CT molecular complexity index is 155. The lowest BCUT2D eigenvalue weighted by Gasteiger charge is -2.18. The standard InChI is InChI=1S/C6H12O5S/c7-1-2(8)5-3(9)4(10)6(11)12-5/h2-11H,1H2/t2?,3-,4-,5-,6?/m1/s1. The third-order valence-electron chi connectivity index (χ3n) is 1.84. The van der Waals surface area contributed by atoms with Crippen LogP contribution in [0, 0.1) is 0 Å². The monoisotopic (exact) mass is 196 g/mol. The third-order valence-corrected chi connectivity index (χ3v) is 3.31. The summed E-state index contributed by atoms with van der Waals surface area (Å²) in [6, 6.07) is 0. The van der Waals surface area contributed by atoms with Gasteiger partial charge in [-0.25, -0.2) is 0 Å². The Morgan fingerprint density at radius 2 is 1.75 bits per heavy atom. The maximum absolute atomic E-state index is 9.23. The van der Waals surface area contributed by atoms with Gasteiger partial charge in [0.15, 0.2) is 0 Å². The van der Waals surface area contributed by atoms with Gasteiger partial charge in [0, 0.05) is 0 Å². The molecule has 0 radical (unpaired) electrons. The van der Waals surface area contributed by atoms with Gasteiger partial charge in [0.1, 0.15) is 11.5 Å². The fourth-order valence-corrected chi connectivity index (χ4v) is 2.34. The van der Waals surface area contributed by atoms with Crippen LogP contribution in [0.2, 0.25) is 0 Å². The summed E-state index contributed by atoms with van der Waals surface area (Å²) < 4.78 is 0. The van der Waals surface area contributed by atoms with Crippen LogP contribution in [0.1, 0.15) is 0 Å². The molecule has 72 valence electrons. The molecule has 6 heteroatoms. The highest BCUT2D eigenvalue weighted by Crippen LogP contribution is 2.34. The molecule has 0 bridgehead atoms. The zero-order valence-electron chi connectivity index (χ0n) is 6.24. The molecule has 5 nitrogen and oxygen atoms in total. The third kappa shape index (κ3) is 1.73. The first-order valence-corrected chi connectivity index (χ1v) is 4.50. The van der Waals surface area contributed by atoms with E-state index < -0.39 is 35.6 Å². The van der Waals surface area contributed by atoms with Gasteiger partial charge in [-0.3, -0.25) is 0 Å². The van der Waals surface area contributed by atoms with Gasteiger partial charge in [0.25, 0.3) is 0 Å². The minimum atomic E-state index is -1.25. The van der Waals surface area contributed by atoms with E-state index in [0.29, 0.717) is 0 Å². The van der Waals surface area contributed by atoms with Crippen molar-refractivity contribution in [3.8, 4) is 0 Å². The number of hydrogen-bond acceptors (Lipinski definition) is 6. The second kappa shape index (κ2) is 3.91. The van der Waals surface area contributed by atoms with E-state index in [9.17, 15) is 5.11 Å². The van der Waals surface area contributed by atoms with Gasteiger partial charge < -0.3 is 25.5 Å². The Morgan fingerprint density at radius 3 is 2.08 bits per heavy atom. The van der Waals surface area contributed by atoms with E-state index in [4.69, 9.17) is 20.4 Å². The summed E-state index contributed by atoms with van der Waals surface area (Å²) in [7, 11) is 0. The highest BCUT2D eigenvalue weighted by Gasteiger charge is 2.44. The molecule has 0 aromatic carbocycles. The summed E-state index contributed by atoms with van der Waals surface area (Å²) in [6.45, 7) is -0.492. The van der Waals surface area contributed by atoms with Crippen LogP contribution in [0.15, 0.2) is 0 Å². The Balaban J connectivity index is 2.58. The predicted octanol–water partition coefficient (Wildman–Crippen LogP) is -2.50. The normalized spacial score (nSPS) is 44.8. The van der Waals surface area contributed by atoms with Crippen molar-refractivity contribution in [3.05, 3.63) is 0 Å². The van der Waals surface area contributed by atoms with E-state index in [2.05, 4.69) is 0 Å². The van der Waals surface area contributed by atoms with Crippen LogP contribution in [0.4, 0.5) is 0 Å². The summed E-state index contributed by atoms with van der Waals surface area (Å²) in [6.07, 6.45) is -3.55. The largest absolute Gasteiger partial charge is 0.394 e. The van der Waals surface area contributed by atoms with E-state index in [-0.39, 0.29) is 0 Å². The van der Waals surface area contributed by atoms with Gasteiger partial charge in [-0.2, -0.15) is 0 Å². The summed E-state index contributed by atoms with van der Waals surface area (Å²) in [5.74, 6) is 0. The number of hydrogen-bond donors (Lipinski definition) is 5. The van der Waals surface area contributed by atoms with Gasteiger partial charge in [-0.05, 0) is 0 Å². The SMILES string of the molecule is OCC(O)[C@H]1SC(O)[C@H](O)[C@H]1O. The molecule has 0 spiro atoms. The van der Waals surface area contributed by atoms with Crippen molar-refractivity contribution in [2.24, 2.45) is 0 Å². The first-order chi connectivity index (χ1) is 5.57. The average molecular weight is 196 g/mol. The lowest BCUT2D eigenvalue weighted by molar-refractivity contribution is -0.0333. The first kappa shape index (κ1) is 10.2. The van der Waals surface area contributed by atoms with Gasteiger partial charge >= 0.3 is 0 Å². The van der Waals surface area contributed by atoms with Crippen molar-refractivity contribution in [2.75, 3.05) is 6.61 Å². The fourth-order valence-electron chi connectivity index (χ4n) is 1.11. The van der Waals surface area contributed by atoms with E-state index in [1.807, 2.05) is 0 Å².